The van der Waals surface area contributed by atoms with Gasteiger partial charge in [-0.2, -0.15) is 0 Å². The molecule has 200 valence electrons. The Balaban J connectivity index is 1.51. The molecule has 0 aliphatic carbocycles. The molecule has 0 saturated carbocycles. The number of thiol groups is 1. The van der Waals surface area contributed by atoms with Crippen molar-refractivity contribution in [1.29, 1.82) is 0 Å². The molecule has 3 N–H and O–H groups in total. The number of benzene rings is 2. The maximum Gasteiger partial charge on any atom is 0.201 e. The summed E-state index contributed by atoms with van der Waals surface area (Å²) >= 11 is 0. The van der Waals surface area contributed by atoms with Crippen LogP contribution in [0.4, 0.5) is 0 Å². The molecular formula is C27H36N4O5S. The normalized spacial score (nSPS) is 11.6. The molecule has 0 atom stereocenters. The average molecular weight is 529 g/mol. The number of hydrogen-bond acceptors (Lipinski definition) is 8. The van der Waals surface area contributed by atoms with Gasteiger partial charge in [-0.25, -0.2) is 23.1 Å². The molecule has 2 aromatic carbocycles. The van der Waals surface area contributed by atoms with Gasteiger partial charge in [-0.05, 0) is 54.4 Å². The van der Waals surface area contributed by atoms with Crippen molar-refractivity contribution >= 4 is 10.9 Å². The quantitative estimate of drug-likeness (QED) is 0.191. The molecule has 0 amide bonds. The Kier molecular flexibility index (Phi) is 11.3. The van der Waals surface area contributed by atoms with Crippen LogP contribution in [-0.2, 0) is 34.2 Å². The molecule has 10 heteroatoms. The summed E-state index contributed by atoms with van der Waals surface area (Å²) in [5.74, 6) is 1.95. The predicted octanol–water partition coefficient (Wildman–Crippen LogP) is 3.13. The van der Waals surface area contributed by atoms with Crippen molar-refractivity contribution in [1.82, 2.24) is 14.7 Å². The van der Waals surface area contributed by atoms with Crippen LogP contribution in [0, 0.1) is 0 Å². The first kappa shape index (κ1) is 28.5. The summed E-state index contributed by atoms with van der Waals surface area (Å²) in [7, 11) is -2.69. The van der Waals surface area contributed by atoms with Gasteiger partial charge in [-0.3, -0.25) is 0 Å². The van der Waals surface area contributed by atoms with Crippen molar-refractivity contribution in [3.05, 3.63) is 83.4 Å². The minimum Gasteiger partial charge on any atom is -0.494 e. The van der Waals surface area contributed by atoms with E-state index < -0.39 is 10.9 Å². The van der Waals surface area contributed by atoms with Crippen molar-refractivity contribution in [3.8, 4) is 11.5 Å². The van der Waals surface area contributed by atoms with Crippen LogP contribution in [0.2, 0.25) is 0 Å². The molecule has 1 heterocycles. The Labute approximate surface area is 220 Å². The molecule has 0 saturated heterocycles. The third-order valence-electron chi connectivity index (χ3n) is 5.86. The van der Waals surface area contributed by atoms with Crippen molar-refractivity contribution in [2.75, 3.05) is 26.4 Å². The summed E-state index contributed by atoms with van der Waals surface area (Å²) in [4.78, 5) is 8.37. The summed E-state index contributed by atoms with van der Waals surface area (Å²) in [5, 5.41) is 0. The van der Waals surface area contributed by atoms with Gasteiger partial charge < -0.3 is 19.9 Å². The van der Waals surface area contributed by atoms with Crippen molar-refractivity contribution in [2.24, 2.45) is 5.73 Å². The van der Waals surface area contributed by atoms with Gasteiger partial charge in [0.25, 0.3) is 0 Å². The van der Waals surface area contributed by atoms with Crippen LogP contribution in [0.5, 0.6) is 11.5 Å². The van der Waals surface area contributed by atoms with Crippen LogP contribution in [0.3, 0.4) is 0 Å². The number of nitrogens with one attached hydrogen (secondary N) is 1. The van der Waals surface area contributed by atoms with Crippen LogP contribution in [-0.4, -0.2) is 44.8 Å². The van der Waals surface area contributed by atoms with Gasteiger partial charge in [0.1, 0.15) is 23.9 Å². The van der Waals surface area contributed by atoms with Gasteiger partial charge in [0, 0.05) is 31.2 Å². The highest BCUT2D eigenvalue weighted by atomic mass is 32.2. The predicted molar refractivity (Wildman–Crippen MR) is 143 cm³/mol. The van der Waals surface area contributed by atoms with Gasteiger partial charge in [0.2, 0.25) is 10.9 Å². The van der Waals surface area contributed by atoms with Crippen molar-refractivity contribution < 1.29 is 22.6 Å². The Morgan fingerprint density at radius 1 is 0.865 bits per heavy atom. The molecular weight excluding hydrogens is 492 g/mol. The van der Waals surface area contributed by atoms with E-state index in [2.05, 4.69) is 52.8 Å². The van der Waals surface area contributed by atoms with E-state index in [1.54, 1.807) is 12.3 Å². The Hall–Kier alpha value is -3.05. The number of hydrogen-bond donors (Lipinski definition) is 3. The van der Waals surface area contributed by atoms with Gasteiger partial charge in [-0.1, -0.05) is 38.1 Å². The van der Waals surface area contributed by atoms with Gasteiger partial charge >= 0.3 is 0 Å². The van der Waals surface area contributed by atoms with Gasteiger partial charge in [-0.15, -0.1) is 0 Å². The fourth-order valence-corrected chi connectivity index (χ4v) is 3.91. The number of ether oxygens (including phenoxy) is 3. The third-order valence-corrected chi connectivity index (χ3v) is 6.28. The zero-order valence-corrected chi connectivity index (χ0v) is 22.3. The maximum absolute atomic E-state index is 10.7. The van der Waals surface area contributed by atoms with E-state index in [9.17, 15) is 8.42 Å². The van der Waals surface area contributed by atoms with E-state index in [1.807, 2.05) is 24.3 Å². The smallest absolute Gasteiger partial charge is 0.201 e. The highest BCUT2D eigenvalue weighted by Crippen LogP contribution is 2.33. The number of aromatic nitrogens is 2. The molecule has 37 heavy (non-hydrogen) atoms. The van der Waals surface area contributed by atoms with E-state index >= 15 is 0 Å². The highest BCUT2D eigenvalue weighted by molar-refractivity contribution is 7.70. The lowest BCUT2D eigenvalue weighted by Gasteiger charge is -2.26. The molecule has 0 spiro atoms. The van der Waals surface area contributed by atoms with Gasteiger partial charge in [0.15, 0.2) is 0 Å². The second-order valence-electron chi connectivity index (χ2n) is 8.98. The summed E-state index contributed by atoms with van der Waals surface area (Å²) < 4.78 is 40.9. The summed E-state index contributed by atoms with van der Waals surface area (Å²) in [6.07, 6.45) is 3.31. The molecule has 3 rings (SSSR count). The first-order valence-corrected chi connectivity index (χ1v) is 13.5. The summed E-state index contributed by atoms with van der Waals surface area (Å²) in [6, 6.07) is 17.9. The summed E-state index contributed by atoms with van der Waals surface area (Å²) in [5.41, 5.74) is 8.25. The van der Waals surface area contributed by atoms with Crippen LogP contribution < -0.4 is 19.9 Å². The fraction of sp³-hybridized carbons (Fsp3) is 0.407. The molecule has 0 fully saturated rings. The van der Waals surface area contributed by atoms with Crippen LogP contribution in [0.1, 0.15) is 49.3 Å². The second-order valence-corrected chi connectivity index (χ2v) is 9.81. The molecule has 0 radical (unpaired) electrons. The van der Waals surface area contributed by atoms with Crippen LogP contribution in [0.15, 0.2) is 60.8 Å². The minimum atomic E-state index is -2.69. The van der Waals surface area contributed by atoms with Crippen molar-refractivity contribution in [3.63, 3.8) is 0 Å². The zero-order chi connectivity index (χ0) is 26.5. The van der Waals surface area contributed by atoms with Crippen molar-refractivity contribution in [2.45, 2.75) is 45.3 Å². The van der Waals surface area contributed by atoms with E-state index in [4.69, 9.17) is 19.9 Å². The Morgan fingerprint density at radius 2 is 1.49 bits per heavy atom. The number of nitrogens with two attached hydrogens (primary N) is 1. The minimum absolute atomic E-state index is 0.0496. The van der Waals surface area contributed by atoms with E-state index in [-0.39, 0.29) is 18.6 Å². The Bertz CT molecular complexity index is 1160. The first-order valence-electron chi connectivity index (χ1n) is 12.3. The lowest BCUT2D eigenvalue weighted by atomic mass is 9.78. The van der Waals surface area contributed by atoms with E-state index in [1.165, 1.54) is 5.56 Å². The Morgan fingerprint density at radius 3 is 2.11 bits per heavy atom. The monoisotopic (exact) mass is 528 g/mol. The lowest BCUT2D eigenvalue weighted by Crippen LogP contribution is -2.18. The molecule has 0 aliphatic rings. The largest absolute Gasteiger partial charge is 0.494 e. The molecule has 0 unspecified atom stereocenters. The van der Waals surface area contributed by atoms with E-state index in [0.29, 0.717) is 37.9 Å². The molecule has 1 aromatic heterocycles. The number of nitrogens with zero attached hydrogens (tertiary/aromatic N) is 2. The van der Waals surface area contributed by atoms with Crippen LogP contribution in [0.25, 0.3) is 0 Å². The summed E-state index contributed by atoms with van der Waals surface area (Å²) in [6.45, 7) is 7.31. The molecule has 3 aromatic rings. The van der Waals surface area contributed by atoms with Gasteiger partial charge in [0.05, 0.1) is 18.8 Å². The third kappa shape index (κ3) is 9.40. The zero-order valence-electron chi connectivity index (χ0n) is 21.4. The molecule has 0 bridgehead atoms. The van der Waals surface area contributed by atoms with E-state index in [0.717, 1.165) is 29.9 Å². The lowest BCUT2D eigenvalue weighted by molar-refractivity contribution is 0.118. The van der Waals surface area contributed by atoms with Crippen LogP contribution >= 0.6 is 0 Å². The topological polar surface area (TPSA) is 126 Å². The first-order chi connectivity index (χ1) is 17.9. The standard InChI is InChI=1S/C27H36N4O5S/c1-27(2,21-5-9-24(10-6-21)35-18-4-17-34-16-3-14-28)22-7-11-25(12-8-22)36-20-23-13-15-29-26(31-23)19-30-37(32)33/h5-13,15,37H,3-4,14,16-20,28H2,1-2H3,(H,30,32,33). The SMILES string of the molecule is CC(C)(c1ccc(OCCCOCCCN)cc1)c1ccc(OCc2ccnc(CN[SH](=O)=O)n2)cc1. The maximum atomic E-state index is 10.7. The average Bonchev–Trinajstić information content (AvgIpc) is 2.91. The highest BCUT2D eigenvalue weighted by Gasteiger charge is 2.23. The molecule has 9 nitrogen and oxygen atoms in total. The molecule has 0 aliphatic heterocycles. The fourth-order valence-electron chi connectivity index (χ4n) is 3.64. The second kappa shape index (κ2) is 14.6. The number of rotatable bonds is 16.